The third kappa shape index (κ3) is 8.33. The van der Waals surface area contributed by atoms with Gasteiger partial charge in [-0.1, -0.05) is 297 Å². The molecule has 0 saturated carbocycles. The summed E-state index contributed by atoms with van der Waals surface area (Å²) in [5, 5.41) is 11.2. The van der Waals surface area contributed by atoms with Crippen LogP contribution in [0.5, 0.6) is 0 Å². The summed E-state index contributed by atoms with van der Waals surface area (Å²) in [5.74, 6) is 0.882. The summed E-state index contributed by atoms with van der Waals surface area (Å²) in [6.07, 6.45) is 0. The van der Waals surface area contributed by atoms with Crippen molar-refractivity contribution in [1.29, 1.82) is 0 Å². The number of benzene rings is 12. The molecule has 15 rings (SSSR count). The Balaban J connectivity index is 0.960. The lowest BCUT2D eigenvalue weighted by atomic mass is 10.1. The van der Waals surface area contributed by atoms with Gasteiger partial charge >= 0.3 is 25.7 Å². The molecule has 1 aliphatic rings. The lowest BCUT2D eigenvalue weighted by Crippen LogP contribution is -2.88. The van der Waals surface area contributed by atoms with E-state index in [1.807, 2.05) is 0 Å². The second-order valence-corrected chi connectivity index (χ2v) is 34.7. The summed E-state index contributed by atoms with van der Waals surface area (Å²) >= 11 is 0. The van der Waals surface area contributed by atoms with Gasteiger partial charge in [-0.15, -0.1) is 0 Å². The summed E-state index contributed by atoms with van der Waals surface area (Å²) in [5.41, 5.74) is 7.48. The van der Waals surface area contributed by atoms with Crippen molar-refractivity contribution in [1.82, 2.24) is 14.0 Å². The van der Waals surface area contributed by atoms with Crippen LogP contribution in [0.25, 0.3) is 44.7 Å². The molecule has 14 aromatic rings. The Kier molecular flexibility index (Phi) is 12.7. The fourth-order valence-corrected chi connectivity index (χ4v) is 34.6. The Labute approximate surface area is 487 Å². The van der Waals surface area contributed by atoms with Crippen molar-refractivity contribution < 1.29 is 12.3 Å². The summed E-state index contributed by atoms with van der Waals surface area (Å²) in [6.45, 7) is 0. The molecule has 0 radical (unpaired) electrons. The number of nitrogens with zero attached hydrogens (tertiary/aromatic N) is 3. The zero-order chi connectivity index (χ0) is 55.3. The minimum Gasteiger partial charge on any atom is -0.402 e. The van der Waals surface area contributed by atoms with Crippen molar-refractivity contribution in [2.24, 2.45) is 0 Å². The van der Waals surface area contributed by atoms with E-state index in [0.29, 0.717) is 0 Å². The van der Waals surface area contributed by atoms with Gasteiger partial charge in [-0.05, 0) is 99.4 Å². The van der Waals surface area contributed by atoms with E-state index < -0.39 is 33.8 Å². The van der Waals surface area contributed by atoms with Crippen LogP contribution in [0, 0.1) is 0 Å². The number of aromatic nitrogens is 3. The molecule has 0 amide bonds. The van der Waals surface area contributed by atoms with Gasteiger partial charge < -0.3 is 12.3 Å². The van der Waals surface area contributed by atoms with Gasteiger partial charge in [-0.25, -0.2) is 4.98 Å². The fourth-order valence-electron chi connectivity index (χ4n) is 12.9. The van der Waals surface area contributed by atoms with Crippen LogP contribution in [0.2, 0.25) is 0 Å². The molecule has 0 aliphatic carbocycles. The lowest BCUT2D eigenvalue weighted by molar-refractivity contribution is 0.268. The molecule has 1 fully saturated rings. The van der Waals surface area contributed by atoms with Crippen molar-refractivity contribution in [3.05, 3.63) is 334 Å². The molecule has 0 unspecified atom stereocenters. The Hall–Kier alpha value is -9.34. The largest absolute Gasteiger partial charge is 0.402 e. The number of imidazole rings is 2. The molecule has 396 valence electrons. The van der Waals surface area contributed by atoms with E-state index >= 15 is 0 Å². The highest BCUT2D eigenvalue weighted by atomic mass is 28.5. The first kappa shape index (κ1) is 50.6. The Morgan fingerprint density at radius 1 is 0.277 bits per heavy atom. The predicted molar refractivity (Wildman–Crippen MR) is 349 cm³/mol. The molecule has 83 heavy (non-hydrogen) atoms. The molecule has 0 N–H and O–H groups in total. The number of hydrogen-bond donors (Lipinski definition) is 0. The first-order valence-electron chi connectivity index (χ1n) is 28.3. The smallest absolute Gasteiger partial charge is 0.390 e. The quantitative estimate of drug-likeness (QED) is 0.0905. The first-order valence-corrected chi connectivity index (χ1v) is 35.7. The van der Waals surface area contributed by atoms with Crippen molar-refractivity contribution >= 4 is 113 Å². The van der Waals surface area contributed by atoms with Crippen LogP contribution in [0.3, 0.4) is 0 Å². The van der Waals surface area contributed by atoms with E-state index in [1.165, 1.54) is 20.7 Å². The zero-order valence-electron chi connectivity index (χ0n) is 45.3. The summed E-state index contributed by atoms with van der Waals surface area (Å²) in [6, 6.07) is 121. The van der Waals surface area contributed by atoms with Gasteiger partial charge in [0.2, 0.25) is 5.78 Å². The van der Waals surface area contributed by atoms with Crippen LogP contribution >= 0.6 is 0 Å². The third-order valence-corrected chi connectivity index (χ3v) is 34.8. The summed E-state index contributed by atoms with van der Waals surface area (Å²) < 4.78 is 29.4. The Morgan fingerprint density at radius 3 is 1.12 bits per heavy atom. The van der Waals surface area contributed by atoms with Crippen LogP contribution in [0.1, 0.15) is 0 Å². The highest BCUT2D eigenvalue weighted by molar-refractivity contribution is 7.20. The molecule has 2 aromatic heterocycles. The molecule has 10 heteroatoms. The topological polar surface area (TPSA) is 49.9 Å². The number of para-hydroxylation sites is 4. The van der Waals surface area contributed by atoms with E-state index in [0.717, 1.165) is 75.8 Å². The van der Waals surface area contributed by atoms with E-state index in [4.69, 9.17) is 17.3 Å². The molecular formula is C73H55N3O3Si4. The van der Waals surface area contributed by atoms with E-state index in [1.54, 1.807) is 0 Å². The molecular weight excluding hydrogens is 1080 g/mol. The molecule has 6 nitrogen and oxygen atoms in total. The maximum atomic E-state index is 8.33. The minimum atomic E-state index is -3.89. The first-order chi connectivity index (χ1) is 41.1. The van der Waals surface area contributed by atoms with Gasteiger partial charge in [0.1, 0.15) is 0 Å². The molecule has 0 spiro atoms. The van der Waals surface area contributed by atoms with Gasteiger partial charge in [0.05, 0.1) is 22.1 Å². The van der Waals surface area contributed by atoms with Gasteiger partial charge in [0.25, 0.3) is 0 Å². The second-order valence-electron chi connectivity index (χ2n) is 21.2. The molecule has 3 heterocycles. The Bertz CT molecular complexity index is 4400. The molecule has 12 aromatic carbocycles. The standard InChI is InChI=1S/C73H55N3O3Si4/c1-8-32-59(33-9-1)80(60-34-10-2-11-35-60,67-47-28-31-58(55-67)75-71-51-24-25-52-72(71)76-70-50-23-22-49-69(70)74-73(75)76)66-46-26-29-56(53-66)57-30-27-48-68(54-57)83(65-44-20-7-21-45-65)78-81(61-36-12-3-13-37-61,62-38-14-4-15-39-62)77-82(79-83,63-40-16-5-17-41-63)64-42-18-6-19-43-64/h1-55H. The van der Waals surface area contributed by atoms with E-state index in [2.05, 4.69) is 343 Å². The highest BCUT2D eigenvalue weighted by Gasteiger charge is 2.67. The SMILES string of the molecule is c1ccc([Si]2(c3ccccc3)O[Si](c3ccccc3)(c3ccccc3)O[Si](c3ccccc3)(c3cccc(-c4cccc([Si](c5ccccc5)(c5ccccc5)c5cccc(-n6c7ccccc7n7c8ccccc8nc67)c5)c4)c3)O2)cc1. The van der Waals surface area contributed by atoms with Gasteiger partial charge in [-0.2, -0.15) is 0 Å². The van der Waals surface area contributed by atoms with Crippen LogP contribution < -0.4 is 51.9 Å². The van der Waals surface area contributed by atoms with E-state index in [9.17, 15) is 0 Å². The number of rotatable bonds is 12. The monoisotopic (exact) mass is 1130 g/mol. The lowest BCUT2D eigenvalue weighted by Gasteiger charge is -2.53. The van der Waals surface area contributed by atoms with Crippen molar-refractivity contribution in [2.45, 2.75) is 0 Å². The fraction of sp³-hybridized carbons (Fsp3) is 0. The van der Waals surface area contributed by atoms with Gasteiger partial charge in [0, 0.05) is 5.69 Å². The average molecular weight is 1130 g/mol. The summed E-state index contributed by atoms with van der Waals surface area (Å²) in [4.78, 5) is 5.30. The molecule has 0 atom stereocenters. The van der Waals surface area contributed by atoms with Crippen LogP contribution in [-0.4, -0.2) is 47.7 Å². The second kappa shape index (κ2) is 20.9. The Morgan fingerprint density at radius 2 is 0.627 bits per heavy atom. The summed E-state index contributed by atoms with van der Waals surface area (Å²) in [7, 11) is -14.6. The number of hydrogen-bond acceptors (Lipinski definition) is 4. The predicted octanol–water partition coefficient (Wildman–Crippen LogP) is 9.61. The van der Waals surface area contributed by atoms with Crippen LogP contribution in [0.15, 0.2) is 334 Å². The van der Waals surface area contributed by atoms with Gasteiger partial charge in [-0.3, -0.25) is 8.97 Å². The van der Waals surface area contributed by atoms with Crippen LogP contribution in [-0.2, 0) is 12.3 Å². The highest BCUT2D eigenvalue weighted by Crippen LogP contribution is 2.34. The van der Waals surface area contributed by atoms with E-state index in [-0.39, 0.29) is 0 Å². The minimum absolute atomic E-state index is 0.882. The molecule has 1 aliphatic heterocycles. The molecule has 0 bridgehead atoms. The average Bonchev–Trinajstić information content (AvgIpc) is 2.49. The maximum absolute atomic E-state index is 8.33. The number of fused-ring (bicyclic) bond motifs is 5. The van der Waals surface area contributed by atoms with Crippen molar-refractivity contribution in [2.75, 3.05) is 0 Å². The van der Waals surface area contributed by atoms with Crippen molar-refractivity contribution in [3.63, 3.8) is 0 Å². The zero-order valence-corrected chi connectivity index (χ0v) is 49.3. The van der Waals surface area contributed by atoms with Crippen molar-refractivity contribution in [3.8, 4) is 16.8 Å². The van der Waals surface area contributed by atoms with Gasteiger partial charge in [0.15, 0.2) is 8.07 Å². The molecule has 1 saturated heterocycles. The third-order valence-electron chi connectivity index (χ3n) is 16.6. The van der Waals surface area contributed by atoms with Crippen LogP contribution in [0.4, 0.5) is 0 Å². The normalized spacial score (nSPS) is 14.7. The maximum Gasteiger partial charge on any atom is 0.390 e.